The van der Waals surface area contributed by atoms with Gasteiger partial charge in [-0.2, -0.15) is 0 Å². The lowest BCUT2D eigenvalue weighted by molar-refractivity contribution is -0.115. The molecule has 2 aromatic heterocycles. The van der Waals surface area contributed by atoms with E-state index in [-0.39, 0.29) is 18.1 Å². The monoisotopic (exact) mass is 353 g/mol. The third kappa shape index (κ3) is 4.67. The van der Waals surface area contributed by atoms with Crippen LogP contribution in [0.15, 0.2) is 48.1 Å². The SMILES string of the molecule is CC(=O)c1ccc(NC(=O)Cc2csc(Nc3ncccn3)n2)cc1. The van der Waals surface area contributed by atoms with Gasteiger partial charge in [0, 0.05) is 29.0 Å². The number of amides is 1. The molecule has 3 aromatic rings. The highest BCUT2D eigenvalue weighted by Crippen LogP contribution is 2.19. The van der Waals surface area contributed by atoms with Crippen LogP contribution in [0.1, 0.15) is 23.0 Å². The van der Waals surface area contributed by atoms with Gasteiger partial charge in [0.2, 0.25) is 11.9 Å². The predicted octanol–water partition coefficient (Wildman–Crippen LogP) is 3.06. The second-order valence-electron chi connectivity index (χ2n) is 5.20. The number of hydrogen-bond acceptors (Lipinski definition) is 7. The molecule has 2 N–H and O–H groups in total. The van der Waals surface area contributed by atoms with E-state index in [9.17, 15) is 9.59 Å². The van der Waals surface area contributed by atoms with Crippen molar-refractivity contribution in [3.8, 4) is 0 Å². The van der Waals surface area contributed by atoms with Crippen molar-refractivity contribution in [3.05, 3.63) is 59.4 Å². The molecule has 0 radical (unpaired) electrons. The molecule has 0 saturated carbocycles. The Morgan fingerprint density at radius 1 is 1.12 bits per heavy atom. The Morgan fingerprint density at radius 2 is 1.84 bits per heavy atom. The van der Waals surface area contributed by atoms with Gasteiger partial charge in [0.05, 0.1) is 12.1 Å². The highest BCUT2D eigenvalue weighted by atomic mass is 32.1. The number of nitrogens with zero attached hydrogens (tertiary/aromatic N) is 3. The highest BCUT2D eigenvalue weighted by molar-refractivity contribution is 7.13. The second-order valence-corrected chi connectivity index (χ2v) is 6.06. The molecule has 0 unspecified atom stereocenters. The Hall–Kier alpha value is -3.13. The van der Waals surface area contributed by atoms with E-state index in [2.05, 4.69) is 25.6 Å². The Labute approximate surface area is 148 Å². The summed E-state index contributed by atoms with van der Waals surface area (Å²) < 4.78 is 0. The van der Waals surface area contributed by atoms with Gasteiger partial charge in [-0.1, -0.05) is 0 Å². The van der Waals surface area contributed by atoms with Crippen molar-refractivity contribution in [1.29, 1.82) is 0 Å². The Kier molecular flexibility index (Phi) is 5.10. The third-order valence-electron chi connectivity index (χ3n) is 3.25. The summed E-state index contributed by atoms with van der Waals surface area (Å²) in [6.45, 7) is 1.50. The second kappa shape index (κ2) is 7.63. The van der Waals surface area contributed by atoms with Crippen molar-refractivity contribution in [3.63, 3.8) is 0 Å². The van der Waals surface area contributed by atoms with Gasteiger partial charge in [-0.25, -0.2) is 15.0 Å². The number of carbonyl (C=O) groups excluding carboxylic acids is 2. The number of carbonyl (C=O) groups is 2. The summed E-state index contributed by atoms with van der Waals surface area (Å²) in [5, 5.41) is 8.20. The predicted molar refractivity (Wildman–Crippen MR) is 96.2 cm³/mol. The summed E-state index contributed by atoms with van der Waals surface area (Å²) in [6.07, 6.45) is 3.42. The quantitative estimate of drug-likeness (QED) is 0.661. The minimum absolute atomic E-state index is 0.0113. The minimum atomic E-state index is -0.177. The summed E-state index contributed by atoms with van der Waals surface area (Å²) in [5.74, 6) is 0.268. The molecule has 0 spiro atoms. The molecule has 0 aliphatic rings. The van der Waals surface area contributed by atoms with Gasteiger partial charge in [-0.3, -0.25) is 9.59 Å². The van der Waals surface area contributed by atoms with E-state index in [0.717, 1.165) is 0 Å². The van der Waals surface area contributed by atoms with Crippen molar-refractivity contribution < 1.29 is 9.59 Å². The fourth-order valence-electron chi connectivity index (χ4n) is 2.06. The van der Waals surface area contributed by atoms with E-state index in [0.29, 0.717) is 28.0 Å². The third-order valence-corrected chi connectivity index (χ3v) is 4.06. The summed E-state index contributed by atoms with van der Waals surface area (Å²) in [7, 11) is 0. The van der Waals surface area contributed by atoms with Gasteiger partial charge in [0.15, 0.2) is 10.9 Å². The van der Waals surface area contributed by atoms with Crippen LogP contribution in [0.2, 0.25) is 0 Å². The molecule has 0 fully saturated rings. The molecule has 1 amide bonds. The topological polar surface area (TPSA) is 96.9 Å². The summed E-state index contributed by atoms with van der Waals surface area (Å²) >= 11 is 1.38. The van der Waals surface area contributed by atoms with E-state index in [1.165, 1.54) is 18.3 Å². The van der Waals surface area contributed by atoms with Crippen LogP contribution in [-0.4, -0.2) is 26.6 Å². The van der Waals surface area contributed by atoms with Gasteiger partial charge in [-0.15, -0.1) is 11.3 Å². The number of aromatic nitrogens is 3. The minimum Gasteiger partial charge on any atom is -0.326 e. The van der Waals surface area contributed by atoms with Crippen LogP contribution in [0, 0.1) is 0 Å². The van der Waals surface area contributed by atoms with E-state index in [4.69, 9.17) is 0 Å². The van der Waals surface area contributed by atoms with Crippen molar-refractivity contribution in [2.75, 3.05) is 10.6 Å². The maximum Gasteiger partial charge on any atom is 0.230 e. The maximum atomic E-state index is 12.1. The van der Waals surface area contributed by atoms with Gasteiger partial charge < -0.3 is 10.6 Å². The first-order valence-electron chi connectivity index (χ1n) is 7.49. The van der Waals surface area contributed by atoms with Crippen molar-refractivity contribution in [2.24, 2.45) is 0 Å². The van der Waals surface area contributed by atoms with Gasteiger partial charge >= 0.3 is 0 Å². The molecule has 0 atom stereocenters. The van der Waals surface area contributed by atoms with E-state index >= 15 is 0 Å². The van der Waals surface area contributed by atoms with Crippen LogP contribution >= 0.6 is 11.3 Å². The van der Waals surface area contributed by atoms with Crippen LogP contribution in [-0.2, 0) is 11.2 Å². The molecule has 0 saturated heterocycles. The number of benzene rings is 1. The number of nitrogens with one attached hydrogen (secondary N) is 2. The summed E-state index contributed by atoms with van der Waals surface area (Å²) in [5.41, 5.74) is 1.90. The Morgan fingerprint density at radius 3 is 2.52 bits per heavy atom. The van der Waals surface area contributed by atoms with Crippen molar-refractivity contribution in [1.82, 2.24) is 15.0 Å². The largest absolute Gasteiger partial charge is 0.326 e. The number of rotatable bonds is 6. The molecule has 7 nitrogen and oxygen atoms in total. The molecular weight excluding hydrogens is 338 g/mol. The lowest BCUT2D eigenvalue weighted by atomic mass is 10.1. The molecule has 25 heavy (non-hydrogen) atoms. The highest BCUT2D eigenvalue weighted by Gasteiger charge is 2.09. The number of Topliss-reactive ketones (excluding diaryl/α,β-unsaturated/α-hetero) is 1. The fraction of sp³-hybridized carbons (Fsp3) is 0.118. The van der Waals surface area contributed by atoms with Crippen molar-refractivity contribution >= 4 is 39.8 Å². The molecule has 0 aliphatic carbocycles. The zero-order chi connectivity index (χ0) is 17.6. The van der Waals surface area contributed by atoms with Crippen LogP contribution in [0.3, 0.4) is 0 Å². The number of thiazole rings is 1. The number of hydrogen-bond donors (Lipinski definition) is 2. The zero-order valence-corrected chi connectivity index (χ0v) is 14.2. The molecule has 2 heterocycles. The van der Waals surface area contributed by atoms with Gasteiger partial charge in [0.1, 0.15) is 0 Å². The molecule has 3 rings (SSSR count). The Bertz CT molecular complexity index is 878. The fourth-order valence-corrected chi connectivity index (χ4v) is 2.77. The lowest BCUT2D eigenvalue weighted by Gasteiger charge is -2.04. The molecule has 8 heteroatoms. The number of ketones is 1. The molecule has 0 bridgehead atoms. The van der Waals surface area contributed by atoms with Gasteiger partial charge in [0.25, 0.3) is 0 Å². The Balaban J connectivity index is 1.57. The average molecular weight is 353 g/mol. The standard InChI is InChI=1S/C17H15N5O2S/c1-11(23)12-3-5-13(6-4-12)20-15(24)9-14-10-25-17(21-14)22-16-18-7-2-8-19-16/h2-8,10H,9H2,1H3,(H,20,24)(H,18,19,21,22). The average Bonchev–Trinajstić information content (AvgIpc) is 3.03. The summed E-state index contributed by atoms with van der Waals surface area (Å²) in [6, 6.07) is 8.50. The van der Waals surface area contributed by atoms with Crippen LogP contribution in [0.5, 0.6) is 0 Å². The van der Waals surface area contributed by atoms with E-state index in [1.54, 1.807) is 42.7 Å². The lowest BCUT2D eigenvalue weighted by Crippen LogP contribution is -2.14. The molecular formula is C17H15N5O2S. The van der Waals surface area contributed by atoms with Gasteiger partial charge in [-0.05, 0) is 37.3 Å². The number of anilines is 3. The van der Waals surface area contributed by atoms with Crippen molar-refractivity contribution in [2.45, 2.75) is 13.3 Å². The molecule has 126 valence electrons. The first-order chi connectivity index (χ1) is 12.1. The van der Waals surface area contributed by atoms with Crippen LogP contribution in [0.25, 0.3) is 0 Å². The normalized spacial score (nSPS) is 10.3. The maximum absolute atomic E-state index is 12.1. The molecule has 0 aliphatic heterocycles. The first kappa shape index (κ1) is 16.7. The zero-order valence-electron chi connectivity index (χ0n) is 13.4. The van der Waals surface area contributed by atoms with E-state index < -0.39 is 0 Å². The summed E-state index contributed by atoms with van der Waals surface area (Å²) in [4.78, 5) is 35.8. The van der Waals surface area contributed by atoms with Crippen LogP contribution in [0.4, 0.5) is 16.8 Å². The first-order valence-corrected chi connectivity index (χ1v) is 8.37. The smallest absolute Gasteiger partial charge is 0.230 e. The molecule has 1 aromatic carbocycles. The van der Waals surface area contributed by atoms with E-state index in [1.807, 2.05) is 5.38 Å². The van der Waals surface area contributed by atoms with Crippen LogP contribution < -0.4 is 10.6 Å².